The maximum absolute atomic E-state index is 12.2. The lowest BCUT2D eigenvalue weighted by Gasteiger charge is -2.23. The molecule has 1 aromatic carbocycles. The van der Waals surface area contributed by atoms with Crippen molar-refractivity contribution in [3.63, 3.8) is 0 Å². The number of likely N-dealkylation sites (N-methyl/N-ethyl adjacent to an activating group) is 1. The Hall–Kier alpha value is -2.42. The summed E-state index contributed by atoms with van der Waals surface area (Å²) in [5, 5.41) is 10.4. The molecule has 0 fully saturated rings. The van der Waals surface area contributed by atoms with Crippen LogP contribution in [0.5, 0.6) is 0 Å². The van der Waals surface area contributed by atoms with Crippen LogP contribution < -0.4 is 16.0 Å². The molecule has 0 aliphatic rings. The van der Waals surface area contributed by atoms with Crippen molar-refractivity contribution in [3.05, 3.63) is 46.7 Å². The number of nitrogens with one attached hydrogen (secondary N) is 3. The molecule has 7 nitrogen and oxygen atoms in total. The summed E-state index contributed by atoms with van der Waals surface area (Å²) in [6.45, 7) is 0.469. The summed E-state index contributed by atoms with van der Waals surface area (Å²) in [6, 6.07) is 10.8. The number of carbonyl (C=O) groups is 2. The SMILES string of the molecule is COCC(=O)Nc1cccc(NC(=O)NCC(c2cccs2)N(C)C)c1. The van der Waals surface area contributed by atoms with Gasteiger partial charge < -0.3 is 25.6 Å². The van der Waals surface area contributed by atoms with Crippen molar-refractivity contribution in [2.75, 3.05) is 45.0 Å². The Morgan fingerprint density at radius 2 is 1.88 bits per heavy atom. The second-order valence-corrected chi connectivity index (χ2v) is 6.87. The zero-order valence-corrected chi connectivity index (χ0v) is 15.9. The van der Waals surface area contributed by atoms with E-state index in [9.17, 15) is 9.59 Å². The van der Waals surface area contributed by atoms with E-state index in [-0.39, 0.29) is 24.6 Å². The van der Waals surface area contributed by atoms with Gasteiger partial charge in [0.05, 0.1) is 6.04 Å². The Labute approximate surface area is 157 Å². The average molecular weight is 376 g/mol. The number of methoxy groups -OCH3 is 1. The molecule has 1 atom stereocenters. The predicted octanol–water partition coefficient (Wildman–Crippen LogP) is 2.76. The fourth-order valence-corrected chi connectivity index (χ4v) is 3.31. The largest absolute Gasteiger partial charge is 0.375 e. The van der Waals surface area contributed by atoms with Crippen molar-refractivity contribution in [2.45, 2.75) is 6.04 Å². The molecule has 1 heterocycles. The fourth-order valence-electron chi connectivity index (χ4n) is 2.39. The quantitative estimate of drug-likeness (QED) is 0.662. The Kier molecular flexibility index (Phi) is 7.58. The highest BCUT2D eigenvalue weighted by molar-refractivity contribution is 7.10. The predicted molar refractivity (Wildman–Crippen MR) is 105 cm³/mol. The summed E-state index contributed by atoms with van der Waals surface area (Å²) in [5.41, 5.74) is 1.19. The van der Waals surface area contributed by atoms with Crippen molar-refractivity contribution >= 4 is 34.6 Å². The summed E-state index contributed by atoms with van der Waals surface area (Å²) in [6.07, 6.45) is 0. The first-order chi connectivity index (χ1) is 12.5. The highest BCUT2D eigenvalue weighted by Gasteiger charge is 2.16. The number of hydrogen-bond acceptors (Lipinski definition) is 5. The normalized spacial score (nSPS) is 11.8. The van der Waals surface area contributed by atoms with Gasteiger partial charge in [-0.3, -0.25) is 4.79 Å². The molecule has 26 heavy (non-hydrogen) atoms. The van der Waals surface area contributed by atoms with Crippen LogP contribution in [0.2, 0.25) is 0 Å². The summed E-state index contributed by atoms with van der Waals surface area (Å²) in [4.78, 5) is 27.0. The van der Waals surface area contributed by atoms with Crippen molar-refractivity contribution in [3.8, 4) is 0 Å². The van der Waals surface area contributed by atoms with Gasteiger partial charge in [0.1, 0.15) is 6.61 Å². The number of ether oxygens (including phenoxy) is 1. The van der Waals surface area contributed by atoms with Gasteiger partial charge in [-0.2, -0.15) is 0 Å². The van der Waals surface area contributed by atoms with Gasteiger partial charge in [-0.1, -0.05) is 12.1 Å². The molecule has 3 amide bonds. The van der Waals surface area contributed by atoms with Crippen LogP contribution in [-0.4, -0.2) is 51.2 Å². The molecule has 0 saturated heterocycles. The van der Waals surface area contributed by atoms with E-state index in [4.69, 9.17) is 4.74 Å². The van der Waals surface area contributed by atoms with Crippen molar-refractivity contribution in [1.29, 1.82) is 0 Å². The molecule has 0 spiro atoms. The van der Waals surface area contributed by atoms with Crippen LogP contribution in [0.4, 0.5) is 16.2 Å². The molecule has 140 valence electrons. The Balaban J connectivity index is 1.90. The standard InChI is InChI=1S/C18H24N4O3S/c1-22(2)15(16-8-5-9-26-16)11-19-18(24)21-14-7-4-6-13(10-14)20-17(23)12-25-3/h4-10,15H,11-12H2,1-3H3,(H,20,23)(H2,19,21,24). The third kappa shape index (κ3) is 6.14. The number of nitrogens with zero attached hydrogens (tertiary/aromatic N) is 1. The zero-order chi connectivity index (χ0) is 18.9. The third-order valence-corrected chi connectivity index (χ3v) is 4.60. The van der Waals surface area contributed by atoms with E-state index < -0.39 is 0 Å². The minimum atomic E-state index is -0.297. The topological polar surface area (TPSA) is 82.7 Å². The van der Waals surface area contributed by atoms with E-state index in [1.165, 1.54) is 12.0 Å². The maximum Gasteiger partial charge on any atom is 0.319 e. The smallest absolute Gasteiger partial charge is 0.319 e. The van der Waals surface area contributed by atoms with E-state index in [1.54, 1.807) is 35.6 Å². The number of anilines is 2. The van der Waals surface area contributed by atoms with E-state index in [0.29, 0.717) is 17.9 Å². The Morgan fingerprint density at radius 3 is 2.50 bits per heavy atom. The lowest BCUT2D eigenvalue weighted by atomic mass is 10.2. The monoisotopic (exact) mass is 376 g/mol. The average Bonchev–Trinajstić information content (AvgIpc) is 3.09. The van der Waals surface area contributed by atoms with Crippen LogP contribution in [0.15, 0.2) is 41.8 Å². The van der Waals surface area contributed by atoms with Gasteiger partial charge in [-0.25, -0.2) is 4.79 Å². The first kappa shape index (κ1) is 19.9. The molecular formula is C18H24N4O3S. The van der Waals surface area contributed by atoms with Crippen LogP contribution in [0.25, 0.3) is 0 Å². The van der Waals surface area contributed by atoms with Crippen molar-refractivity contribution in [1.82, 2.24) is 10.2 Å². The van der Waals surface area contributed by atoms with Crippen LogP contribution in [0.3, 0.4) is 0 Å². The highest BCUT2D eigenvalue weighted by Crippen LogP contribution is 2.22. The van der Waals surface area contributed by atoms with Gasteiger partial charge in [-0.05, 0) is 43.7 Å². The molecule has 0 aliphatic heterocycles. The van der Waals surface area contributed by atoms with Crippen LogP contribution in [0.1, 0.15) is 10.9 Å². The number of hydrogen-bond donors (Lipinski definition) is 3. The molecule has 3 N–H and O–H groups in total. The van der Waals surface area contributed by atoms with Gasteiger partial charge in [-0.15, -0.1) is 11.3 Å². The summed E-state index contributed by atoms with van der Waals surface area (Å²) in [5.74, 6) is -0.251. The van der Waals surface area contributed by atoms with E-state index >= 15 is 0 Å². The van der Waals surface area contributed by atoms with Crippen LogP contribution in [-0.2, 0) is 9.53 Å². The van der Waals surface area contributed by atoms with Crippen molar-refractivity contribution < 1.29 is 14.3 Å². The number of amides is 3. The number of carbonyl (C=O) groups excluding carboxylic acids is 2. The molecular weight excluding hydrogens is 352 g/mol. The molecule has 0 saturated carbocycles. The molecule has 2 aromatic rings. The zero-order valence-electron chi connectivity index (χ0n) is 15.1. The number of urea groups is 1. The molecule has 0 aliphatic carbocycles. The lowest BCUT2D eigenvalue weighted by Crippen LogP contribution is -2.36. The summed E-state index contributed by atoms with van der Waals surface area (Å²) < 4.78 is 4.78. The van der Waals surface area contributed by atoms with E-state index in [1.807, 2.05) is 25.5 Å². The fraction of sp³-hybridized carbons (Fsp3) is 0.333. The number of thiophene rings is 1. The lowest BCUT2D eigenvalue weighted by molar-refractivity contribution is -0.119. The van der Waals surface area contributed by atoms with Gasteiger partial charge >= 0.3 is 6.03 Å². The Morgan fingerprint density at radius 1 is 1.15 bits per heavy atom. The van der Waals surface area contributed by atoms with Gasteiger partial charge in [0.25, 0.3) is 0 Å². The van der Waals surface area contributed by atoms with E-state index in [0.717, 1.165) is 0 Å². The number of benzene rings is 1. The third-order valence-electron chi connectivity index (χ3n) is 3.63. The van der Waals surface area contributed by atoms with Crippen LogP contribution >= 0.6 is 11.3 Å². The van der Waals surface area contributed by atoms with Crippen molar-refractivity contribution in [2.24, 2.45) is 0 Å². The first-order valence-corrected chi connectivity index (χ1v) is 9.01. The van der Waals surface area contributed by atoms with E-state index in [2.05, 4.69) is 26.9 Å². The minimum absolute atomic E-state index is 0.0210. The molecule has 2 rings (SSSR count). The van der Waals surface area contributed by atoms with Gasteiger partial charge in [0.2, 0.25) is 5.91 Å². The number of rotatable bonds is 8. The second kappa shape index (κ2) is 9.91. The minimum Gasteiger partial charge on any atom is -0.375 e. The van der Waals surface area contributed by atoms with Gasteiger partial charge in [0, 0.05) is 29.9 Å². The van der Waals surface area contributed by atoms with Crippen LogP contribution in [0, 0.1) is 0 Å². The highest BCUT2D eigenvalue weighted by atomic mass is 32.1. The summed E-state index contributed by atoms with van der Waals surface area (Å²) >= 11 is 1.66. The second-order valence-electron chi connectivity index (χ2n) is 5.89. The van der Waals surface area contributed by atoms with Gasteiger partial charge in [0.15, 0.2) is 0 Å². The first-order valence-electron chi connectivity index (χ1n) is 8.13. The molecule has 1 aromatic heterocycles. The Bertz CT molecular complexity index is 719. The molecule has 0 radical (unpaired) electrons. The summed E-state index contributed by atoms with van der Waals surface area (Å²) in [7, 11) is 5.42. The maximum atomic E-state index is 12.2. The molecule has 8 heteroatoms. The molecule has 1 unspecified atom stereocenters. The molecule has 0 bridgehead atoms.